The van der Waals surface area contributed by atoms with Gasteiger partial charge in [0.15, 0.2) is 5.82 Å². The Labute approximate surface area is 286 Å². The van der Waals surface area contributed by atoms with E-state index in [4.69, 9.17) is 21.3 Å². The Hall–Kier alpha value is -4.05. The average molecular weight is 696 g/mol. The van der Waals surface area contributed by atoms with E-state index in [0.717, 1.165) is 80.5 Å². The highest BCUT2D eigenvalue weighted by Gasteiger charge is 2.29. The first-order valence-electron chi connectivity index (χ1n) is 16.0. The van der Waals surface area contributed by atoms with Crippen molar-refractivity contribution in [2.24, 2.45) is 0 Å². The molecular formula is C32H42ClN11O3S. The molecule has 2 aliphatic heterocycles. The van der Waals surface area contributed by atoms with Gasteiger partial charge < -0.3 is 25.2 Å². The number of piperidine rings is 1. The van der Waals surface area contributed by atoms with Crippen molar-refractivity contribution in [3.8, 4) is 5.88 Å². The molecule has 0 radical (unpaired) electrons. The van der Waals surface area contributed by atoms with Crippen LogP contribution in [0.2, 0.25) is 5.02 Å². The molecule has 5 heterocycles. The molecule has 4 aromatic rings. The molecule has 14 nitrogen and oxygen atoms in total. The van der Waals surface area contributed by atoms with Crippen LogP contribution in [0.15, 0.2) is 36.8 Å². The molecule has 3 aromatic heterocycles. The first-order chi connectivity index (χ1) is 23.0. The summed E-state index contributed by atoms with van der Waals surface area (Å²) in [5.41, 5.74) is 3.40. The van der Waals surface area contributed by atoms with E-state index in [2.05, 4.69) is 59.2 Å². The molecule has 6 rings (SSSR count). The van der Waals surface area contributed by atoms with Gasteiger partial charge in [-0.15, -0.1) is 0 Å². The fourth-order valence-electron chi connectivity index (χ4n) is 6.31. The summed E-state index contributed by atoms with van der Waals surface area (Å²) in [6.07, 6.45) is 8.66. The van der Waals surface area contributed by atoms with E-state index in [1.54, 1.807) is 25.4 Å². The Bertz CT molecular complexity index is 1880. The standard InChI is InChI=1S/C32H42ClN11O3S/c1-6-21-19-26(31(47-4)40-30(21)44-13-9-22(10-14-44)43-17-15-41(2)16-18-43)38-32-36-20-23(33)29(39-32)37-25-8-7-24-27(35-12-11-34-24)28(25)42(3)48(5,45)46/h7-8,11-12,19-20,22H,6,9-10,13-18H2,1-5H3,(H2,36,37,38,39). The Kier molecular flexibility index (Phi) is 10.0. The quantitative estimate of drug-likeness (QED) is 0.245. The van der Waals surface area contributed by atoms with Crippen molar-refractivity contribution in [3.05, 3.63) is 47.4 Å². The van der Waals surface area contributed by atoms with Gasteiger partial charge in [0.25, 0.3) is 0 Å². The number of likely N-dealkylation sites (N-methyl/N-ethyl adjacent to an activating group) is 1. The third-order valence-electron chi connectivity index (χ3n) is 9.11. The van der Waals surface area contributed by atoms with Crippen LogP contribution >= 0.6 is 11.6 Å². The highest BCUT2D eigenvalue weighted by atomic mass is 35.5. The van der Waals surface area contributed by atoms with Crippen LogP contribution in [0.4, 0.5) is 34.6 Å². The minimum atomic E-state index is -3.64. The van der Waals surface area contributed by atoms with Crippen LogP contribution in [0.1, 0.15) is 25.3 Å². The summed E-state index contributed by atoms with van der Waals surface area (Å²) in [7, 11) is 1.61. The van der Waals surface area contributed by atoms with Crippen LogP contribution in [-0.2, 0) is 16.4 Å². The van der Waals surface area contributed by atoms with Crippen molar-refractivity contribution in [1.29, 1.82) is 0 Å². The number of aryl methyl sites for hydroxylation is 1. The molecule has 2 N–H and O–H groups in total. The number of hydrogen-bond donors (Lipinski definition) is 2. The van der Waals surface area contributed by atoms with Gasteiger partial charge in [-0.25, -0.2) is 13.4 Å². The Balaban J connectivity index is 1.24. The molecule has 0 amide bonds. The van der Waals surface area contributed by atoms with Crippen molar-refractivity contribution in [2.75, 3.05) is 86.6 Å². The number of piperazine rings is 1. The summed E-state index contributed by atoms with van der Waals surface area (Å²) in [4.78, 5) is 30.1. The average Bonchev–Trinajstić information content (AvgIpc) is 3.09. The fraction of sp³-hybridized carbons (Fsp3) is 0.469. The summed E-state index contributed by atoms with van der Waals surface area (Å²) in [5, 5.41) is 6.69. The number of aromatic nitrogens is 5. The van der Waals surface area contributed by atoms with E-state index in [1.165, 1.54) is 19.4 Å². The molecule has 48 heavy (non-hydrogen) atoms. The normalized spacial score (nSPS) is 16.7. The number of methoxy groups -OCH3 is 1. The lowest BCUT2D eigenvalue weighted by molar-refractivity contribution is 0.0981. The predicted molar refractivity (Wildman–Crippen MR) is 191 cm³/mol. The van der Waals surface area contributed by atoms with Crippen LogP contribution < -0.4 is 24.6 Å². The lowest BCUT2D eigenvalue weighted by Gasteiger charge is -2.42. The van der Waals surface area contributed by atoms with E-state index in [9.17, 15) is 8.42 Å². The number of hydrogen-bond acceptors (Lipinski definition) is 13. The van der Waals surface area contributed by atoms with Gasteiger partial charge in [-0.05, 0) is 50.1 Å². The number of halogens is 1. The highest BCUT2D eigenvalue weighted by Crippen LogP contribution is 2.37. The van der Waals surface area contributed by atoms with E-state index in [-0.39, 0.29) is 16.8 Å². The number of rotatable bonds is 10. The number of anilines is 6. The first kappa shape index (κ1) is 33.8. The van der Waals surface area contributed by atoms with Gasteiger partial charge in [0.1, 0.15) is 27.7 Å². The number of fused-ring (bicyclic) bond motifs is 1. The van der Waals surface area contributed by atoms with E-state index in [1.807, 2.05) is 6.07 Å². The monoisotopic (exact) mass is 695 g/mol. The lowest BCUT2D eigenvalue weighted by Crippen LogP contribution is -2.52. The van der Waals surface area contributed by atoms with Gasteiger partial charge in [0.05, 0.1) is 30.8 Å². The molecule has 0 unspecified atom stereocenters. The van der Waals surface area contributed by atoms with E-state index in [0.29, 0.717) is 40.0 Å². The Morgan fingerprint density at radius 3 is 2.42 bits per heavy atom. The molecule has 0 atom stereocenters. The lowest BCUT2D eigenvalue weighted by atomic mass is 10.0. The Morgan fingerprint density at radius 1 is 1.00 bits per heavy atom. The number of ether oxygens (including phenoxy) is 1. The van der Waals surface area contributed by atoms with Crippen LogP contribution in [-0.4, -0.2) is 116 Å². The second kappa shape index (κ2) is 14.2. The van der Waals surface area contributed by atoms with Gasteiger partial charge in [0, 0.05) is 64.8 Å². The molecule has 0 spiro atoms. The molecule has 0 saturated carbocycles. The minimum Gasteiger partial charge on any atom is -0.479 e. The van der Waals surface area contributed by atoms with Crippen LogP contribution in [0.3, 0.4) is 0 Å². The predicted octanol–water partition coefficient (Wildman–Crippen LogP) is 4.14. The maximum absolute atomic E-state index is 12.6. The number of nitrogens with one attached hydrogen (secondary N) is 2. The Morgan fingerprint density at radius 2 is 1.73 bits per heavy atom. The summed E-state index contributed by atoms with van der Waals surface area (Å²) in [6, 6.07) is 6.11. The SMILES string of the molecule is CCc1cc(Nc2ncc(Cl)c(Nc3ccc4nccnc4c3N(C)S(C)(=O)=O)n2)c(OC)nc1N1CCC(N2CCN(C)CC2)CC1. The first-order valence-corrected chi connectivity index (χ1v) is 18.3. The zero-order chi connectivity index (χ0) is 34.0. The molecule has 2 fully saturated rings. The van der Waals surface area contributed by atoms with Crippen molar-refractivity contribution >= 4 is 67.3 Å². The van der Waals surface area contributed by atoms with Crippen molar-refractivity contribution < 1.29 is 13.2 Å². The van der Waals surface area contributed by atoms with Crippen LogP contribution in [0.25, 0.3) is 11.0 Å². The number of benzene rings is 1. The molecular weight excluding hydrogens is 654 g/mol. The topological polar surface area (TPSA) is 145 Å². The van der Waals surface area contributed by atoms with Crippen molar-refractivity contribution in [2.45, 2.75) is 32.2 Å². The van der Waals surface area contributed by atoms with Gasteiger partial charge in [-0.2, -0.15) is 9.97 Å². The summed E-state index contributed by atoms with van der Waals surface area (Å²) >= 11 is 6.55. The van der Waals surface area contributed by atoms with Crippen molar-refractivity contribution in [3.63, 3.8) is 0 Å². The minimum absolute atomic E-state index is 0.238. The molecule has 16 heteroatoms. The highest BCUT2D eigenvalue weighted by molar-refractivity contribution is 7.92. The van der Waals surface area contributed by atoms with E-state index < -0.39 is 10.0 Å². The number of pyridine rings is 1. The zero-order valence-corrected chi connectivity index (χ0v) is 29.5. The maximum Gasteiger partial charge on any atom is 0.239 e. The summed E-state index contributed by atoms with van der Waals surface area (Å²) < 4.78 is 32.1. The smallest absolute Gasteiger partial charge is 0.239 e. The third-order valence-corrected chi connectivity index (χ3v) is 10.6. The fourth-order valence-corrected chi connectivity index (χ4v) is 6.96. The second-order valence-electron chi connectivity index (χ2n) is 12.2. The molecule has 2 aliphatic rings. The molecule has 2 saturated heterocycles. The maximum atomic E-state index is 12.6. The molecule has 1 aromatic carbocycles. The largest absolute Gasteiger partial charge is 0.479 e. The van der Waals surface area contributed by atoms with Gasteiger partial charge >= 0.3 is 0 Å². The summed E-state index contributed by atoms with van der Waals surface area (Å²) in [6.45, 7) is 8.53. The van der Waals surface area contributed by atoms with Gasteiger partial charge in [-0.1, -0.05) is 18.5 Å². The molecule has 256 valence electrons. The molecule has 0 bridgehead atoms. The summed E-state index contributed by atoms with van der Waals surface area (Å²) in [5.74, 6) is 1.89. The van der Waals surface area contributed by atoms with E-state index >= 15 is 0 Å². The van der Waals surface area contributed by atoms with Crippen molar-refractivity contribution in [1.82, 2.24) is 34.7 Å². The number of sulfonamides is 1. The number of nitrogens with zero attached hydrogens (tertiary/aromatic N) is 9. The van der Waals surface area contributed by atoms with Gasteiger partial charge in [-0.3, -0.25) is 19.2 Å². The molecule has 0 aliphatic carbocycles. The second-order valence-corrected chi connectivity index (χ2v) is 14.6. The zero-order valence-electron chi connectivity index (χ0n) is 27.9. The van der Waals surface area contributed by atoms with Gasteiger partial charge in [0.2, 0.25) is 21.9 Å². The van der Waals surface area contributed by atoms with Crippen LogP contribution in [0, 0.1) is 0 Å². The van der Waals surface area contributed by atoms with Crippen LogP contribution in [0.5, 0.6) is 5.88 Å². The third kappa shape index (κ3) is 7.18.